The molecule has 0 saturated heterocycles. The summed E-state index contributed by atoms with van der Waals surface area (Å²) in [5.74, 6) is -0.0581. The standard InChI is InChI=1S/C14H19N5O/c1-2-12(15)7-14(20)18-13-5-3-4-11(6-13)8-19-10-16-9-17-19/h3-6,9-10,12H,2,7-8,15H2,1H3,(H,18,20). The Labute approximate surface area is 118 Å². The first-order chi connectivity index (χ1) is 9.67. The molecule has 0 saturated carbocycles. The summed E-state index contributed by atoms with van der Waals surface area (Å²) in [4.78, 5) is 15.7. The zero-order chi connectivity index (χ0) is 14.4. The van der Waals surface area contributed by atoms with E-state index >= 15 is 0 Å². The van der Waals surface area contributed by atoms with Gasteiger partial charge >= 0.3 is 0 Å². The van der Waals surface area contributed by atoms with Gasteiger partial charge in [0.1, 0.15) is 12.7 Å². The lowest BCUT2D eigenvalue weighted by Crippen LogP contribution is -2.26. The highest BCUT2D eigenvalue weighted by Gasteiger charge is 2.08. The van der Waals surface area contributed by atoms with E-state index < -0.39 is 0 Å². The van der Waals surface area contributed by atoms with Crippen molar-refractivity contribution < 1.29 is 4.79 Å². The molecule has 0 bridgehead atoms. The van der Waals surface area contributed by atoms with Crippen LogP contribution in [0.25, 0.3) is 0 Å². The second kappa shape index (κ2) is 6.81. The van der Waals surface area contributed by atoms with Crippen LogP contribution in [-0.4, -0.2) is 26.7 Å². The van der Waals surface area contributed by atoms with Crippen molar-refractivity contribution in [2.24, 2.45) is 5.73 Å². The maximum Gasteiger partial charge on any atom is 0.225 e. The lowest BCUT2D eigenvalue weighted by Gasteiger charge is -2.10. The molecule has 0 aliphatic carbocycles. The summed E-state index contributed by atoms with van der Waals surface area (Å²) in [5, 5.41) is 6.92. The van der Waals surface area contributed by atoms with Gasteiger partial charge in [0.15, 0.2) is 0 Å². The van der Waals surface area contributed by atoms with Crippen molar-refractivity contribution >= 4 is 11.6 Å². The molecule has 1 amide bonds. The van der Waals surface area contributed by atoms with Gasteiger partial charge in [0.05, 0.1) is 6.54 Å². The number of rotatable bonds is 6. The maximum atomic E-state index is 11.8. The second-order valence-corrected chi connectivity index (χ2v) is 4.71. The molecule has 0 aliphatic rings. The molecule has 106 valence electrons. The van der Waals surface area contributed by atoms with Crippen LogP contribution in [0.5, 0.6) is 0 Å². The highest BCUT2D eigenvalue weighted by Crippen LogP contribution is 2.12. The van der Waals surface area contributed by atoms with Crippen LogP contribution in [0, 0.1) is 0 Å². The van der Waals surface area contributed by atoms with Crippen molar-refractivity contribution in [2.45, 2.75) is 32.4 Å². The highest BCUT2D eigenvalue weighted by molar-refractivity contribution is 5.91. The van der Waals surface area contributed by atoms with Gasteiger partial charge < -0.3 is 11.1 Å². The monoisotopic (exact) mass is 273 g/mol. The van der Waals surface area contributed by atoms with Crippen molar-refractivity contribution in [2.75, 3.05) is 5.32 Å². The minimum Gasteiger partial charge on any atom is -0.327 e. The number of aromatic nitrogens is 3. The normalized spacial score (nSPS) is 12.1. The highest BCUT2D eigenvalue weighted by atomic mass is 16.1. The number of anilines is 1. The van der Waals surface area contributed by atoms with Gasteiger partial charge in [-0.3, -0.25) is 4.79 Å². The molecule has 0 aliphatic heterocycles. The predicted molar refractivity (Wildman–Crippen MR) is 77.1 cm³/mol. The maximum absolute atomic E-state index is 11.8. The molecule has 3 N–H and O–H groups in total. The van der Waals surface area contributed by atoms with Crippen LogP contribution in [0.1, 0.15) is 25.3 Å². The van der Waals surface area contributed by atoms with E-state index in [4.69, 9.17) is 5.73 Å². The first kappa shape index (κ1) is 14.2. The molecule has 1 heterocycles. The van der Waals surface area contributed by atoms with Gasteiger partial charge in [-0.1, -0.05) is 19.1 Å². The average molecular weight is 273 g/mol. The van der Waals surface area contributed by atoms with Gasteiger partial charge in [-0.25, -0.2) is 9.67 Å². The molecule has 6 heteroatoms. The summed E-state index contributed by atoms with van der Waals surface area (Å²) in [7, 11) is 0. The van der Waals surface area contributed by atoms with Crippen LogP contribution in [0.15, 0.2) is 36.9 Å². The molecule has 0 radical (unpaired) electrons. The molecule has 0 fully saturated rings. The number of carbonyl (C=O) groups excluding carboxylic acids is 1. The number of hydrogen-bond donors (Lipinski definition) is 2. The van der Waals surface area contributed by atoms with Crippen LogP contribution in [0.4, 0.5) is 5.69 Å². The number of carbonyl (C=O) groups is 1. The smallest absolute Gasteiger partial charge is 0.225 e. The number of nitrogens with two attached hydrogens (primary N) is 1. The average Bonchev–Trinajstić information content (AvgIpc) is 2.91. The van der Waals surface area contributed by atoms with Crippen molar-refractivity contribution in [3.8, 4) is 0 Å². The zero-order valence-electron chi connectivity index (χ0n) is 11.5. The number of amides is 1. The van der Waals surface area contributed by atoms with Gasteiger partial charge in [0.2, 0.25) is 5.91 Å². The third-order valence-electron chi connectivity index (χ3n) is 2.99. The topological polar surface area (TPSA) is 85.8 Å². The van der Waals surface area contributed by atoms with Gasteiger partial charge in [-0.15, -0.1) is 0 Å². The molecule has 2 aromatic rings. The van der Waals surface area contributed by atoms with Crippen molar-refractivity contribution in [3.05, 3.63) is 42.5 Å². The minimum absolute atomic E-state index is 0.0581. The third kappa shape index (κ3) is 4.17. The predicted octanol–water partition coefficient (Wildman–Crippen LogP) is 1.39. The molecule has 0 spiro atoms. The Kier molecular flexibility index (Phi) is 4.84. The van der Waals surface area contributed by atoms with Crippen molar-refractivity contribution in [3.63, 3.8) is 0 Å². The summed E-state index contributed by atoms with van der Waals surface area (Å²) in [5.41, 5.74) is 7.59. The number of nitrogens with zero attached hydrogens (tertiary/aromatic N) is 3. The Morgan fingerprint density at radius 2 is 2.35 bits per heavy atom. The summed E-state index contributed by atoms with van der Waals surface area (Å²) in [6, 6.07) is 7.59. The molecule has 20 heavy (non-hydrogen) atoms. The van der Waals surface area contributed by atoms with E-state index in [0.29, 0.717) is 13.0 Å². The van der Waals surface area contributed by atoms with Crippen LogP contribution in [0.3, 0.4) is 0 Å². The quantitative estimate of drug-likeness (QED) is 0.832. The lowest BCUT2D eigenvalue weighted by atomic mass is 10.1. The fourth-order valence-electron chi connectivity index (χ4n) is 1.84. The van der Waals surface area contributed by atoms with Crippen molar-refractivity contribution in [1.29, 1.82) is 0 Å². The first-order valence-corrected chi connectivity index (χ1v) is 6.64. The third-order valence-corrected chi connectivity index (χ3v) is 2.99. The van der Waals surface area contributed by atoms with E-state index in [1.165, 1.54) is 6.33 Å². The molecular formula is C14H19N5O. The molecule has 1 aromatic carbocycles. The van der Waals surface area contributed by atoms with E-state index in [2.05, 4.69) is 15.4 Å². The zero-order valence-corrected chi connectivity index (χ0v) is 11.5. The Morgan fingerprint density at radius 3 is 3.05 bits per heavy atom. The summed E-state index contributed by atoms with van der Waals surface area (Å²) in [6.45, 7) is 2.59. The molecule has 1 unspecified atom stereocenters. The van der Waals surface area contributed by atoms with E-state index in [1.54, 1.807) is 11.0 Å². The van der Waals surface area contributed by atoms with Crippen LogP contribution >= 0.6 is 0 Å². The fourth-order valence-corrected chi connectivity index (χ4v) is 1.84. The van der Waals surface area contributed by atoms with Crippen LogP contribution < -0.4 is 11.1 Å². The van der Waals surface area contributed by atoms with Crippen LogP contribution in [0.2, 0.25) is 0 Å². The van der Waals surface area contributed by atoms with Gasteiger partial charge in [0.25, 0.3) is 0 Å². The van der Waals surface area contributed by atoms with Gasteiger partial charge in [-0.2, -0.15) is 5.10 Å². The molecule has 1 atom stereocenters. The van der Waals surface area contributed by atoms with Gasteiger partial charge in [-0.05, 0) is 24.1 Å². The van der Waals surface area contributed by atoms with E-state index in [1.807, 2.05) is 31.2 Å². The number of benzene rings is 1. The summed E-state index contributed by atoms with van der Waals surface area (Å²) in [6.07, 6.45) is 4.28. The fraction of sp³-hybridized carbons (Fsp3) is 0.357. The van der Waals surface area contributed by atoms with E-state index in [-0.39, 0.29) is 11.9 Å². The molecule has 1 aromatic heterocycles. The molecule has 2 rings (SSSR count). The number of hydrogen-bond acceptors (Lipinski definition) is 4. The van der Waals surface area contributed by atoms with Crippen molar-refractivity contribution in [1.82, 2.24) is 14.8 Å². The molecular weight excluding hydrogens is 254 g/mol. The Balaban J connectivity index is 1.97. The SMILES string of the molecule is CCC(N)CC(=O)Nc1cccc(Cn2cncn2)c1. The largest absolute Gasteiger partial charge is 0.327 e. The Bertz CT molecular complexity index is 552. The van der Waals surface area contributed by atoms with E-state index in [9.17, 15) is 4.79 Å². The number of nitrogens with one attached hydrogen (secondary N) is 1. The minimum atomic E-state index is -0.0895. The molecule has 6 nitrogen and oxygen atoms in total. The second-order valence-electron chi connectivity index (χ2n) is 4.71. The summed E-state index contributed by atoms with van der Waals surface area (Å²) < 4.78 is 1.73. The Hall–Kier alpha value is -2.21. The van der Waals surface area contributed by atoms with Gasteiger partial charge in [0, 0.05) is 18.2 Å². The Morgan fingerprint density at radius 1 is 1.50 bits per heavy atom. The van der Waals surface area contributed by atoms with E-state index in [0.717, 1.165) is 17.7 Å². The first-order valence-electron chi connectivity index (χ1n) is 6.64. The van der Waals surface area contributed by atoms with Crippen LogP contribution in [-0.2, 0) is 11.3 Å². The lowest BCUT2D eigenvalue weighted by molar-refractivity contribution is -0.116. The summed E-state index contributed by atoms with van der Waals surface area (Å²) >= 11 is 0.